The Morgan fingerprint density at radius 3 is 2.44 bits per heavy atom. The molecule has 1 fully saturated rings. The van der Waals surface area contributed by atoms with E-state index in [9.17, 15) is 9.59 Å². The summed E-state index contributed by atoms with van der Waals surface area (Å²) in [7, 11) is 2.12. The van der Waals surface area contributed by atoms with Crippen molar-refractivity contribution in [2.45, 2.75) is 63.5 Å². The second-order valence-corrected chi connectivity index (χ2v) is 10.5. The first-order chi connectivity index (χ1) is 16.7. The fourth-order valence-corrected chi connectivity index (χ4v) is 6.85. The summed E-state index contributed by atoms with van der Waals surface area (Å²) in [6.45, 7) is 1.03. The lowest BCUT2D eigenvalue weighted by molar-refractivity contribution is -0.108. The Hall–Kier alpha value is -2.51. The summed E-state index contributed by atoms with van der Waals surface area (Å²) in [5, 5.41) is 3.21. The highest BCUT2D eigenvalue weighted by Crippen LogP contribution is 2.38. The van der Waals surface area contributed by atoms with E-state index in [2.05, 4.69) is 28.1 Å². The van der Waals surface area contributed by atoms with Gasteiger partial charge < -0.3 is 15.1 Å². The zero-order chi connectivity index (χ0) is 23.5. The number of nitrogens with zero attached hydrogens (tertiary/aromatic N) is 2. The molecule has 7 heteroatoms. The average molecular weight is 479 g/mol. The molecular weight excluding hydrogens is 444 g/mol. The molecule has 2 aliphatic carbocycles. The van der Waals surface area contributed by atoms with Crippen LogP contribution in [0.3, 0.4) is 0 Å². The third-order valence-corrected chi connectivity index (χ3v) is 8.51. The Bertz CT molecular complexity index is 1010. The van der Waals surface area contributed by atoms with Crippen LogP contribution in [-0.4, -0.2) is 48.8 Å². The molecule has 1 aliphatic heterocycles. The maximum atomic E-state index is 13.0. The van der Waals surface area contributed by atoms with Crippen LogP contribution in [0.5, 0.6) is 0 Å². The van der Waals surface area contributed by atoms with Gasteiger partial charge in [-0.2, -0.15) is 0 Å². The van der Waals surface area contributed by atoms with Crippen LogP contribution in [0.15, 0.2) is 36.4 Å². The van der Waals surface area contributed by atoms with Crippen LogP contribution >= 0.6 is 11.9 Å². The fraction of sp³-hybridized carbons (Fsp3) is 0.481. The fourth-order valence-electron chi connectivity index (χ4n) is 6.03. The normalized spacial score (nSPS) is 20.0. The van der Waals surface area contributed by atoms with Crippen molar-refractivity contribution in [3.63, 3.8) is 0 Å². The van der Waals surface area contributed by atoms with Gasteiger partial charge in [0.2, 0.25) is 6.41 Å². The van der Waals surface area contributed by atoms with Crippen molar-refractivity contribution >= 4 is 35.8 Å². The average Bonchev–Trinajstić information content (AvgIpc) is 3.60. The van der Waals surface area contributed by atoms with Crippen molar-refractivity contribution in [2.24, 2.45) is 0 Å². The highest BCUT2D eigenvalue weighted by molar-refractivity contribution is 7.98. The Balaban J connectivity index is 1.27. The van der Waals surface area contributed by atoms with Gasteiger partial charge in [0.15, 0.2) is 0 Å². The second-order valence-electron chi connectivity index (χ2n) is 9.71. The lowest BCUT2D eigenvalue weighted by Crippen LogP contribution is -2.50. The highest BCUT2D eigenvalue weighted by Gasteiger charge is 2.34. The number of anilines is 2. The summed E-state index contributed by atoms with van der Waals surface area (Å²) in [6, 6.07) is 12.3. The molecule has 2 aromatic carbocycles. The first-order valence-corrected chi connectivity index (χ1v) is 13.5. The SMILES string of the molecule is CN1CCC[C@@H]1C(CSNC(=O)Nc1c2c(cc3c1CCC3)CCC2)N(C=O)c1ccccc1. The predicted octanol–water partition coefficient (Wildman–Crippen LogP) is 4.56. The molecule has 0 aromatic heterocycles. The van der Waals surface area contributed by atoms with Crippen molar-refractivity contribution < 1.29 is 9.59 Å². The molecule has 5 rings (SSSR count). The van der Waals surface area contributed by atoms with E-state index in [0.717, 1.165) is 62.9 Å². The molecule has 0 spiro atoms. The van der Waals surface area contributed by atoms with E-state index in [0.29, 0.717) is 5.75 Å². The maximum Gasteiger partial charge on any atom is 0.329 e. The minimum atomic E-state index is -0.171. The van der Waals surface area contributed by atoms with Gasteiger partial charge in [0.1, 0.15) is 0 Å². The minimum absolute atomic E-state index is 0.0251. The number of hydrogen-bond acceptors (Lipinski definition) is 4. The number of likely N-dealkylation sites (tertiary alicyclic amines) is 1. The number of nitrogens with one attached hydrogen (secondary N) is 2. The molecule has 2 N–H and O–H groups in total. The van der Waals surface area contributed by atoms with Crippen LogP contribution in [0.1, 0.15) is 47.9 Å². The molecule has 1 heterocycles. The number of fused-ring (bicyclic) bond motifs is 2. The van der Waals surface area contributed by atoms with E-state index >= 15 is 0 Å². The van der Waals surface area contributed by atoms with E-state index in [-0.39, 0.29) is 18.1 Å². The lowest BCUT2D eigenvalue weighted by Gasteiger charge is -2.36. The van der Waals surface area contributed by atoms with Crippen LogP contribution in [0.4, 0.5) is 16.2 Å². The molecule has 2 atom stereocenters. The van der Waals surface area contributed by atoms with Gasteiger partial charge in [0.05, 0.1) is 6.04 Å². The van der Waals surface area contributed by atoms with E-state index in [4.69, 9.17) is 0 Å². The van der Waals surface area contributed by atoms with Crippen molar-refractivity contribution in [1.82, 2.24) is 9.62 Å². The standard InChI is InChI=1S/C27H34N4O2S/c1-30-15-7-14-24(30)25(31(18-32)21-10-3-2-4-11-21)17-34-29-27(33)28-26-22-12-5-8-19(22)16-20-9-6-13-23(20)26/h2-4,10-11,16,18,24-25H,5-9,12-15,17H2,1H3,(H2,28,29,33)/t24-,25?/m1/s1. The van der Waals surface area contributed by atoms with Gasteiger partial charge in [0.25, 0.3) is 0 Å². The maximum absolute atomic E-state index is 13.0. The third-order valence-electron chi connectivity index (χ3n) is 7.68. The van der Waals surface area contributed by atoms with Crippen LogP contribution in [0.25, 0.3) is 0 Å². The summed E-state index contributed by atoms with van der Waals surface area (Å²) < 4.78 is 3.02. The lowest BCUT2D eigenvalue weighted by atomic mass is 9.99. The van der Waals surface area contributed by atoms with Gasteiger partial charge in [-0.3, -0.25) is 9.52 Å². The number of amides is 3. The van der Waals surface area contributed by atoms with Crippen LogP contribution in [-0.2, 0) is 30.5 Å². The number of carbonyl (C=O) groups excluding carboxylic acids is 2. The quantitative estimate of drug-likeness (QED) is 0.431. The van der Waals surface area contributed by atoms with Gasteiger partial charge in [-0.1, -0.05) is 24.3 Å². The van der Waals surface area contributed by atoms with Crippen LogP contribution in [0, 0.1) is 0 Å². The number of benzene rings is 2. The van der Waals surface area contributed by atoms with Gasteiger partial charge >= 0.3 is 6.03 Å². The molecule has 0 saturated carbocycles. The molecule has 180 valence electrons. The topological polar surface area (TPSA) is 64.7 Å². The van der Waals surface area contributed by atoms with Crippen molar-refractivity contribution in [3.05, 3.63) is 58.7 Å². The molecule has 1 saturated heterocycles. The number of rotatable bonds is 8. The number of carbonyl (C=O) groups is 2. The Kier molecular flexibility index (Phi) is 7.11. The molecule has 0 radical (unpaired) electrons. The molecule has 6 nitrogen and oxygen atoms in total. The predicted molar refractivity (Wildman–Crippen MR) is 140 cm³/mol. The molecule has 3 amide bonds. The summed E-state index contributed by atoms with van der Waals surface area (Å²) in [6.07, 6.45) is 9.77. The third kappa shape index (κ3) is 4.68. The van der Waals surface area contributed by atoms with Crippen LogP contribution < -0.4 is 14.9 Å². The molecule has 3 aliphatic rings. The van der Waals surface area contributed by atoms with Gasteiger partial charge in [-0.05, 0) is 111 Å². The minimum Gasteiger partial charge on any atom is -0.309 e. The Morgan fingerprint density at radius 2 is 1.82 bits per heavy atom. The summed E-state index contributed by atoms with van der Waals surface area (Å²) in [5.74, 6) is 0.626. The first-order valence-electron chi connectivity index (χ1n) is 12.5. The summed E-state index contributed by atoms with van der Waals surface area (Å²) in [4.78, 5) is 29.3. The monoisotopic (exact) mass is 478 g/mol. The second kappa shape index (κ2) is 10.4. The molecule has 0 bridgehead atoms. The first kappa shape index (κ1) is 23.2. The number of aryl methyl sites for hydroxylation is 2. The number of urea groups is 1. The molecule has 2 aromatic rings. The van der Waals surface area contributed by atoms with Crippen LogP contribution in [0.2, 0.25) is 0 Å². The molecular formula is C27H34N4O2S. The van der Waals surface area contributed by atoms with Gasteiger partial charge in [-0.25, -0.2) is 4.79 Å². The number of likely N-dealkylation sites (N-methyl/N-ethyl adjacent to an activating group) is 1. The summed E-state index contributed by atoms with van der Waals surface area (Å²) >= 11 is 1.39. The number of hydrogen-bond donors (Lipinski definition) is 2. The Morgan fingerprint density at radius 1 is 1.12 bits per heavy atom. The van der Waals surface area contributed by atoms with Crippen molar-refractivity contribution in [3.8, 4) is 0 Å². The zero-order valence-electron chi connectivity index (χ0n) is 19.9. The van der Waals surface area contributed by atoms with Crippen molar-refractivity contribution in [2.75, 3.05) is 29.6 Å². The van der Waals surface area contributed by atoms with Crippen molar-refractivity contribution in [1.29, 1.82) is 0 Å². The van der Waals surface area contributed by atoms with E-state index < -0.39 is 0 Å². The van der Waals surface area contributed by atoms with E-state index in [1.807, 2.05) is 35.2 Å². The molecule has 1 unspecified atom stereocenters. The summed E-state index contributed by atoms with van der Waals surface area (Å²) in [5.41, 5.74) is 7.45. The Labute approximate surface area is 206 Å². The molecule has 34 heavy (non-hydrogen) atoms. The zero-order valence-corrected chi connectivity index (χ0v) is 20.7. The van der Waals surface area contributed by atoms with Gasteiger partial charge in [0, 0.05) is 23.2 Å². The highest BCUT2D eigenvalue weighted by atomic mass is 32.2. The van der Waals surface area contributed by atoms with E-state index in [1.54, 1.807) is 0 Å². The largest absolute Gasteiger partial charge is 0.329 e. The van der Waals surface area contributed by atoms with Gasteiger partial charge in [-0.15, -0.1) is 0 Å². The van der Waals surface area contributed by atoms with E-state index in [1.165, 1.54) is 47.0 Å². The number of para-hydroxylation sites is 1. The smallest absolute Gasteiger partial charge is 0.309 e.